The third kappa shape index (κ3) is 3.52. The van der Waals surface area contributed by atoms with E-state index in [-0.39, 0.29) is 0 Å². The van der Waals surface area contributed by atoms with Gasteiger partial charge in [-0.1, -0.05) is 40.2 Å². The molecule has 1 N–H and O–H groups in total. The molecule has 0 saturated heterocycles. The van der Waals surface area contributed by atoms with Crippen molar-refractivity contribution >= 4 is 15.9 Å². The summed E-state index contributed by atoms with van der Waals surface area (Å²) in [6.45, 7) is 0.709. The SMILES string of the molecule is Oc1cccc(Cn2ccnc2Cc2ccc(Br)cc2)c1. The summed E-state index contributed by atoms with van der Waals surface area (Å²) in [6, 6.07) is 15.6. The Morgan fingerprint density at radius 3 is 2.62 bits per heavy atom. The Morgan fingerprint density at radius 2 is 1.86 bits per heavy atom. The van der Waals surface area contributed by atoms with Crippen LogP contribution in [0.4, 0.5) is 0 Å². The average molecular weight is 343 g/mol. The molecule has 0 atom stereocenters. The first-order chi connectivity index (χ1) is 10.2. The Morgan fingerprint density at radius 1 is 1.05 bits per heavy atom. The van der Waals surface area contributed by atoms with Crippen molar-refractivity contribution in [2.45, 2.75) is 13.0 Å². The summed E-state index contributed by atoms with van der Waals surface area (Å²) in [5, 5.41) is 9.54. The van der Waals surface area contributed by atoms with Gasteiger partial charge in [-0.15, -0.1) is 0 Å². The number of aromatic nitrogens is 2. The van der Waals surface area contributed by atoms with Gasteiger partial charge in [0, 0.05) is 29.8 Å². The fourth-order valence-electron chi connectivity index (χ4n) is 2.29. The van der Waals surface area contributed by atoms with E-state index in [1.54, 1.807) is 12.1 Å². The second-order valence-corrected chi connectivity index (χ2v) is 5.86. The van der Waals surface area contributed by atoms with Gasteiger partial charge >= 0.3 is 0 Å². The molecule has 0 unspecified atom stereocenters. The van der Waals surface area contributed by atoms with Crippen molar-refractivity contribution in [2.24, 2.45) is 0 Å². The monoisotopic (exact) mass is 342 g/mol. The maximum atomic E-state index is 9.54. The lowest BCUT2D eigenvalue weighted by Gasteiger charge is -2.08. The van der Waals surface area contributed by atoms with Crippen molar-refractivity contribution in [3.05, 3.63) is 82.3 Å². The summed E-state index contributed by atoms with van der Waals surface area (Å²) in [5.41, 5.74) is 2.28. The molecule has 0 saturated carbocycles. The number of phenolic OH excluding ortho intramolecular Hbond substituents is 1. The van der Waals surface area contributed by atoms with Crippen molar-refractivity contribution in [1.82, 2.24) is 9.55 Å². The number of nitrogens with zero attached hydrogens (tertiary/aromatic N) is 2. The number of hydrogen-bond donors (Lipinski definition) is 1. The maximum absolute atomic E-state index is 9.54. The van der Waals surface area contributed by atoms with Crippen molar-refractivity contribution < 1.29 is 5.11 Å². The van der Waals surface area contributed by atoms with Crippen LogP contribution in [0.25, 0.3) is 0 Å². The van der Waals surface area contributed by atoms with Crippen LogP contribution >= 0.6 is 15.9 Å². The van der Waals surface area contributed by atoms with Gasteiger partial charge in [0.2, 0.25) is 0 Å². The van der Waals surface area contributed by atoms with Gasteiger partial charge in [0.15, 0.2) is 0 Å². The summed E-state index contributed by atoms with van der Waals surface area (Å²) < 4.78 is 3.19. The van der Waals surface area contributed by atoms with Gasteiger partial charge in [-0.3, -0.25) is 0 Å². The molecule has 3 nitrogen and oxygen atoms in total. The third-order valence-electron chi connectivity index (χ3n) is 3.34. The summed E-state index contributed by atoms with van der Waals surface area (Å²) in [7, 11) is 0. The first-order valence-electron chi connectivity index (χ1n) is 6.73. The predicted octanol–water partition coefficient (Wildman–Crippen LogP) is 3.99. The highest BCUT2D eigenvalue weighted by atomic mass is 79.9. The molecule has 0 fully saturated rings. The molecule has 0 radical (unpaired) electrons. The highest BCUT2D eigenvalue weighted by molar-refractivity contribution is 9.10. The van der Waals surface area contributed by atoms with Crippen LogP contribution in [-0.2, 0) is 13.0 Å². The summed E-state index contributed by atoms with van der Waals surface area (Å²) in [5.74, 6) is 1.31. The number of phenols is 1. The Hall–Kier alpha value is -2.07. The molecule has 1 heterocycles. The van der Waals surface area contributed by atoms with E-state index in [4.69, 9.17) is 0 Å². The van der Waals surface area contributed by atoms with E-state index in [9.17, 15) is 5.11 Å². The van der Waals surface area contributed by atoms with E-state index in [0.717, 1.165) is 22.3 Å². The Labute approximate surface area is 132 Å². The van der Waals surface area contributed by atoms with Crippen molar-refractivity contribution in [1.29, 1.82) is 0 Å². The molecule has 0 spiro atoms. The van der Waals surface area contributed by atoms with Crippen LogP contribution in [0, 0.1) is 0 Å². The molecule has 1 aromatic heterocycles. The Balaban J connectivity index is 1.79. The van der Waals surface area contributed by atoms with E-state index in [2.05, 4.69) is 37.6 Å². The second-order valence-electron chi connectivity index (χ2n) is 4.94. The average Bonchev–Trinajstić information content (AvgIpc) is 2.89. The zero-order chi connectivity index (χ0) is 14.7. The zero-order valence-corrected chi connectivity index (χ0v) is 13.0. The molecular formula is C17H15BrN2O. The highest BCUT2D eigenvalue weighted by Crippen LogP contribution is 2.16. The molecule has 0 bridgehead atoms. The first-order valence-corrected chi connectivity index (χ1v) is 7.52. The van der Waals surface area contributed by atoms with Crippen LogP contribution in [-0.4, -0.2) is 14.7 Å². The molecule has 0 amide bonds. The minimum absolute atomic E-state index is 0.294. The number of imidazole rings is 1. The van der Waals surface area contributed by atoms with Crippen LogP contribution in [0.2, 0.25) is 0 Å². The van der Waals surface area contributed by atoms with Crippen LogP contribution < -0.4 is 0 Å². The van der Waals surface area contributed by atoms with Gasteiger partial charge in [-0.05, 0) is 35.4 Å². The lowest BCUT2D eigenvalue weighted by molar-refractivity contribution is 0.474. The van der Waals surface area contributed by atoms with Gasteiger partial charge in [0.1, 0.15) is 11.6 Å². The van der Waals surface area contributed by atoms with Gasteiger partial charge < -0.3 is 9.67 Å². The quantitative estimate of drug-likeness (QED) is 0.778. The molecule has 21 heavy (non-hydrogen) atoms. The van der Waals surface area contributed by atoms with Crippen LogP contribution in [0.3, 0.4) is 0 Å². The molecular weight excluding hydrogens is 328 g/mol. The smallest absolute Gasteiger partial charge is 0.115 e. The minimum atomic E-state index is 0.294. The Bertz CT molecular complexity index is 735. The van der Waals surface area contributed by atoms with E-state index < -0.39 is 0 Å². The van der Waals surface area contributed by atoms with E-state index in [0.29, 0.717) is 12.3 Å². The van der Waals surface area contributed by atoms with Crippen LogP contribution in [0.5, 0.6) is 5.75 Å². The van der Waals surface area contributed by atoms with E-state index in [1.165, 1.54) is 5.56 Å². The molecule has 2 aromatic carbocycles. The number of benzene rings is 2. The van der Waals surface area contributed by atoms with Crippen molar-refractivity contribution in [2.75, 3.05) is 0 Å². The summed E-state index contributed by atoms with van der Waals surface area (Å²) in [4.78, 5) is 4.44. The van der Waals surface area contributed by atoms with Gasteiger partial charge in [0.25, 0.3) is 0 Å². The fraction of sp³-hybridized carbons (Fsp3) is 0.118. The lowest BCUT2D eigenvalue weighted by atomic mass is 10.1. The number of aromatic hydroxyl groups is 1. The number of rotatable bonds is 4. The molecule has 4 heteroatoms. The predicted molar refractivity (Wildman–Crippen MR) is 86.4 cm³/mol. The van der Waals surface area contributed by atoms with E-state index in [1.807, 2.05) is 36.7 Å². The zero-order valence-electron chi connectivity index (χ0n) is 11.4. The lowest BCUT2D eigenvalue weighted by Crippen LogP contribution is -2.05. The summed E-state index contributed by atoms with van der Waals surface area (Å²) >= 11 is 3.44. The molecule has 0 aliphatic rings. The fourth-order valence-corrected chi connectivity index (χ4v) is 2.55. The molecule has 0 aliphatic heterocycles. The normalized spacial score (nSPS) is 10.7. The largest absolute Gasteiger partial charge is 0.508 e. The molecule has 3 rings (SSSR count). The summed E-state index contributed by atoms with van der Waals surface area (Å²) in [6.07, 6.45) is 4.58. The minimum Gasteiger partial charge on any atom is -0.508 e. The Kier molecular flexibility index (Phi) is 4.06. The van der Waals surface area contributed by atoms with Crippen molar-refractivity contribution in [3.8, 4) is 5.75 Å². The van der Waals surface area contributed by atoms with E-state index >= 15 is 0 Å². The third-order valence-corrected chi connectivity index (χ3v) is 3.87. The maximum Gasteiger partial charge on any atom is 0.115 e. The number of halogens is 1. The van der Waals surface area contributed by atoms with Gasteiger partial charge in [-0.2, -0.15) is 0 Å². The standard InChI is InChI=1S/C17H15BrN2O/c18-15-6-4-13(5-7-15)11-17-19-8-9-20(17)12-14-2-1-3-16(21)10-14/h1-10,21H,11-12H2. The first kappa shape index (κ1) is 13.9. The molecule has 106 valence electrons. The van der Waals surface area contributed by atoms with Gasteiger partial charge in [-0.25, -0.2) is 4.98 Å². The molecule has 3 aromatic rings. The van der Waals surface area contributed by atoms with Crippen LogP contribution in [0.15, 0.2) is 65.4 Å². The van der Waals surface area contributed by atoms with Crippen LogP contribution in [0.1, 0.15) is 17.0 Å². The second kappa shape index (κ2) is 6.14. The van der Waals surface area contributed by atoms with Crippen molar-refractivity contribution in [3.63, 3.8) is 0 Å². The topological polar surface area (TPSA) is 38.0 Å². The highest BCUT2D eigenvalue weighted by Gasteiger charge is 2.05. The number of hydrogen-bond acceptors (Lipinski definition) is 2. The molecule has 0 aliphatic carbocycles. The van der Waals surface area contributed by atoms with Gasteiger partial charge in [0.05, 0.1) is 0 Å².